The summed E-state index contributed by atoms with van der Waals surface area (Å²) in [6, 6.07) is 0.810. The Morgan fingerprint density at radius 2 is 2.39 bits per heavy atom. The van der Waals surface area contributed by atoms with Crippen molar-refractivity contribution in [2.24, 2.45) is 0 Å². The van der Waals surface area contributed by atoms with Crippen molar-refractivity contribution in [1.29, 1.82) is 0 Å². The molecule has 0 spiro atoms. The minimum Gasteiger partial charge on any atom is -0.329 e. The SMILES string of the molecule is O=C(NCC(F)(F)F)N1CCCC1c1ccn[nH]1. The number of aromatic nitrogens is 2. The molecule has 1 aliphatic rings. The number of hydrogen-bond donors (Lipinski definition) is 2. The van der Waals surface area contributed by atoms with Crippen LogP contribution in [0.1, 0.15) is 24.6 Å². The number of halogens is 3. The molecule has 1 fully saturated rings. The fourth-order valence-corrected chi connectivity index (χ4v) is 2.06. The summed E-state index contributed by atoms with van der Waals surface area (Å²) in [6.07, 6.45) is -1.34. The number of carbonyl (C=O) groups excluding carboxylic acids is 1. The molecule has 0 radical (unpaired) electrons. The third-order valence-corrected chi connectivity index (χ3v) is 2.83. The molecule has 1 atom stereocenters. The van der Waals surface area contributed by atoms with Gasteiger partial charge in [0.15, 0.2) is 0 Å². The van der Waals surface area contributed by atoms with Gasteiger partial charge in [-0.2, -0.15) is 18.3 Å². The first kappa shape index (κ1) is 12.7. The lowest BCUT2D eigenvalue weighted by Gasteiger charge is -2.24. The van der Waals surface area contributed by atoms with Gasteiger partial charge < -0.3 is 10.2 Å². The molecular formula is C10H13F3N4O. The average Bonchev–Trinajstić information content (AvgIpc) is 2.94. The normalized spacial score (nSPS) is 20.2. The second kappa shape index (κ2) is 4.87. The molecule has 5 nitrogen and oxygen atoms in total. The molecule has 2 rings (SSSR count). The summed E-state index contributed by atoms with van der Waals surface area (Å²) in [7, 11) is 0. The van der Waals surface area contributed by atoms with Crippen LogP contribution in [-0.4, -0.2) is 40.4 Å². The van der Waals surface area contributed by atoms with Crippen molar-refractivity contribution in [2.75, 3.05) is 13.1 Å². The maximum Gasteiger partial charge on any atom is 0.405 e. The van der Waals surface area contributed by atoms with E-state index in [1.807, 2.05) is 5.32 Å². The Balaban J connectivity index is 1.97. The highest BCUT2D eigenvalue weighted by molar-refractivity contribution is 5.75. The molecule has 1 aliphatic heterocycles. The Morgan fingerprint density at radius 3 is 3.00 bits per heavy atom. The summed E-state index contributed by atoms with van der Waals surface area (Å²) in [5, 5.41) is 8.41. The van der Waals surface area contributed by atoms with Gasteiger partial charge in [-0.15, -0.1) is 0 Å². The molecule has 2 amide bonds. The van der Waals surface area contributed by atoms with Crippen molar-refractivity contribution in [3.05, 3.63) is 18.0 Å². The van der Waals surface area contributed by atoms with E-state index >= 15 is 0 Å². The topological polar surface area (TPSA) is 61.0 Å². The number of hydrogen-bond acceptors (Lipinski definition) is 2. The highest BCUT2D eigenvalue weighted by Crippen LogP contribution is 2.30. The van der Waals surface area contributed by atoms with Gasteiger partial charge in [0.2, 0.25) is 0 Å². The number of aromatic amines is 1. The van der Waals surface area contributed by atoms with Crippen molar-refractivity contribution in [2.45, 2.75) is 25.1 Å². The lowest BCUT2D eigenvalue weighted by Crippen LogP contribution is -2.43. The summed E-state index contributed by atoms with van der Waals surface area (Å²) in [4.78, 5) is 13.1. The van der Waals surface area contributed by atoms with Gasteiger partial charge in [-0.05, 0) is 18.9 Å². The highest BCUT2D eigenvalue weighted by Gasteiger charge is 2.33. The van der Waals surface area contributed by atoms with E-state index < -0.39 is 18.8 Å². The first-order chi connectivity index (χ1) is 8.47. The average molecular weight is 262 g/mol. The first-order valence-electron chi connectivity index (χ1n) is 5.58. The molecule has 1 saturated heterocycles. The van der Waals surface area contributed by atoms with Gasteiger partial charge in [-0.3, -0.25) is 5.10 Å². The Hall–Kier alpha value is -1.73. The molecular weight excluding hydrogens is 249 g/mol. The number of carbonyl (C=O) groups is 1. The zero-order chi connectivity index (χ0) is 13.2. The minimum atomic E-state index is -4.39. The summed E-state index contributed by atoms with van der Waals surface area (Å²) in [6.45, 7) is -0.856. The third-order valence-electron chi connectivity index (χ3n) is 2.83. The molecule has 2 heterocycles. The van der Waals surface area contributed by atoms with E-state index in [1.54, 1.807) is 12.3 Å². The number of amides is 2. The van der Waals surface area contributed by atoms with Crippen LogP contribution in [0.3, 0.4) is 0 Å². The van der Waals surface area contributed by atoms with Gasteiger partial charge in [0, 0.05) is 12.7 Å². The molecule has 100 valence electrons. The predicted molar refractivity (Wildman–Crippen MR) is 56.7 cm³/mol. The highest BCUT2D eigenvalue weighted by atomic mass is 19.4. The lowest BCUT2D eigenvalue weighted by molar-refractivity contribution is -0.123. The second-order valence-electron chi connectivity index (χ2n) is 4.14. The number of urea groups is 1. The van der Waals surface area contributed by atoms with Gasteiger partial charge in [-0.25, -0.2) is 4.79 Å². The van der Waals surface area contributed by atoms with Crippen LogP contribution in [0.2, 0.25) is 0 Å². The molecule has 0 aliphatic carbocycles. The zero-order valence-corrected chi connectivity index (χ0v) is 9.50. The van der Waals surface area contributed by atoms with Gasteiger partial charge >= 0.3 is 12.2 Å². The zero-order valence-electron chi connectivity index (χ0n) is 9.50. The van der Waals surface area contributed by atoms with Crippen LogP contribution in [0.25, 0.3) is 0 Å². The predicted octanol–water partition coefficient (Wildman–Crippen LogP) is 1.82. The number of H-pyrrole nitrogens is 1. The Morgan fingerprint density at radius 1 is 1.61 bits per heavy atom. The van der Waals surface area contributed by atoms with E-state index in [9.17, 15) is 18.0 Å². The molecule has 8 heteroatoms. The van der Waals surface area contributed by atoms with E-state index in [-0.39, 0.29) is 6.04 Å². The van der Waals surface area contributed by atoms with Crippen LogP contribution in [0.15, 0.2) is 12.3 Å². The standard InChI is InChI=1S/C10H13F3N4O/c11-10(12,13)6-14-9(18)17-5-1-2-8(17)7-3-4-15-16-7/h3-4,8H,1-2,5-6H2,(H,14,18)(H,15,16). The summed E-state index contributed by atoms with van der Waals surface area (Å²) >= 11 is 0. The van der Waals surface area contributed by atoms with Crippen LogP contribution in [0, 0.1) is 0 Å². The Bertz CT molecular complexity index is 404. The lowest BCUT2D eigenvalue weighted by atomic mass is 10.1. The quantitative estimate of drug-likeness (QED) is 0.854. The molecule has 0 aromatic carbocycles. The molecule has 18 heavy (non-hydrogen) atoms. The summed E-state index contributed by atoms with van der Waals surface area (Å²) in [5.74, 6) is 0. The molecule has 1 unspecified atom stereocenters. The van der Waals surface area contributed by atoms with Crippen molar-refractivity contribution in [3.8, 4) is 0 Å². The number of nitrogens with zero attached hydrogens (tertiary/aromatic N) is 2. The monoisotopic (exact) mass is 262 g/mol. The number of alkyl halides is 3. The third kappa shape index (κ3) is 2.93. The van der Waals surface area contributed by atoms with Gasteiger partial charge in [-0.1, -0.05) is 0 Å². The van der Waals surface area contributed by atoms with Crippen LogP contribution in [0.5, 0.6) is 0 Å². The summed E-state index contributed by atoms with van der Waals surface area (Å²) < 4.78 is 36.1. The maximum absolute atomic E-state index is 12.0. The van der Waals surface area contributed by atoms with E-state index in [2.05, 4.69) is 10.2 Å². The Kier molecular flexibility index (Phi) is 3.44. The fourth-order valence-electron chi connectivity index (χ4n) is 2.06. The minimum absolute atomic E-state index is 0.222. The fraction of sp³-hybridized carbons (Fsp3) is 0.600. The van der Waals surface area contributed by atoms with Crippen molar-refractivity contribution in [1.82, 2.24) is 20.4 Å². The van der Waals surface area contributed by atoms with Crippen molar-refractivity contribution in [3.63, 3.8) is 0 Å². The van der Waals surface area contributed by atoms with Gasteiger partial charge in [0.05, 0.1) is 11.7 Å². The number of rotatable bonds is 2. The van der Waals surface area contributed by atoms with Crippen LogP contribution in [0.4, 0.5) is 18.0 Å². The maximum atomic E-state index is 12.0. The first-order valence-corrected chi connectivity index (χ1v) is 5.58. The van der Waals surface area contributed by atoms with Crippen LogP contribution in [-0.2, 0) is 0 Å². The molecule has 0 saturated carbocycles. The smallest absolute Gasteiger partial charge is 0.329 e. The van der Waals surface area contributed by atoms with E-state index in [4.69, 9.17) is 0 Å². The number of likely N-dealkylation sites (tertiary alicyclic amines) is 1. The molecule has 1 aromatic heterocycles. The van der Waals surface area contributed by atoms with Crippen molar-refractivity contribution < 1.29 is 18.0 Å². The van der Waals surface area contributed by atoms with E-state index in [1.165, 1.54) is 4.90 Å². The molecule has 0 bridgehead atoms. The van der Waals surface area contributed by atoms with Crippen molar-refractivity contribution >= 4 is 6.03 Å². The van der Waals surface area contributed by atoms with E-state index in [0.29, 0.717) is 6.54 Å². The van der Waals surface area contributed by atoms with Gasteiger partial charge in [0.1, 0.15) is 6.54 Å². The summed E-state index contributed by atoms with van der Waals surface area (Å²) in [5.41, 5.74) is 0.745. The largest absolute Gasteiger partial charge is 0.405 e. The molecule has 2 N–H and O–H groups in total. The van der Waals surface area contributed by atoms with Gasteiger partial charge in [0.25, 0.3) is 0 Å². The second-order valence-corrected chi connectivity index (χ2v) is 4.14. The number of nitrogens with one attached hydrogen (secondary N) is 2. The van der Waals surface area contributed by atoms with Crippen LogP contribution < -0.4 is 5.32 Å². The van der Waals surface area contributed by atoms with E-state index in [0.717, 1.165) is 18.5 Å². The molecule has 1 aromatic rings. The Labute approximate surface area is 101 Å². The van der Waals surface area contributed by atoms with Crippen LogP contribution >= 0.6 is 0 Å².